The molecule has 0 N–H and O–H groups in total. The minimum Gasteiger partial charge on any atom is -0.296 e. The Morgan fingerprint density at radius 1 is 1.15 bits per heavy atom. The Kier molecular flexibility index (Phi) is 4.77. The number of hydrogen-bond donors (Lipinski definition) is 0. The van der Waals surface area contributed by atoms with Crippen molar-refractivity contribution >= 4 is 10.0 Å². The number of likely N-dealkylation sites (N-methyl/N-ethyl adjacent to an activating group) is 1. The fourth-order valence-electron chi connectivity index (χ4n) is 4.35. The Morgan fingerprint density at radius 3 is 2.52 bits per heavy atom. The Bertz CT molecular complexity index is 892. The van der Waals surface area contributed by atoms with Gasteiger partial charge in [0.2, 0.25) is 10.0 Å². The summed E-state index contributed by atoms with van der Waals surface area (Å²) in [5.74, 6) is 0.783. The van der Waals surface area contributed by atoms with E-state index < -0.39 is 15.6 Å². The summed E-state index contributed by atoms with van der Waals surface area (Å²) >= 11 is 0. The minimum atomic E-state index is -3.54. The van der Waals surface area contributed by atoms with E-state index in [4.69, 9.17) is 0 Å². The summed E-state index contributed by atoms with van der Waals surface area (Å²) in [4.78, 5) is 2.40. The highest BCUT2D eigenvalue weighted by molar-refractivity contribution is 7.89. The van der Waals surface area contributed by atoms with Crippen molar-refractivity contribution < 1.29 is 8.42 Å². The number of nitrogens with zero attached hydrogens (tertiary/aromatic N) is 6. The molecule has 1 aromatic carbocycles. The molecule has 146 valence electrons. The molecule has 1 aliphatic carbocycles. The quantitative estimate of drug-likeness (QED) is 0.772. The van der Waals surface area contributed by atoms with Gasteiger partial charge in [-0.3, -0.25) is 4.90 Å². The summed E-state index contributed by atoms with van der Waals surface area (Å²) in [7, 11) is 0.420. The van der Waals surface area contributed by atoms with Gasteiger partial charge in [0.05, 0.1) is 16.5 Å². The van der Waals surface area contributed by atoms with Gasteiger partial charge in [0.15, 0.2) is 5.82 Å². The van der Waals surface area contributed by atoms with Gasteiger partial charge in [-0.25, -0.2) is 13.1 Å². The highest BCUT2D eigenvalue weighted by Gasteiger charge is 2.49. The first kappa shape index (κ1) is 18.5. The maximum absolute atomic E-state index is 13.1. The zero-order chi connectivity index (χ0) is 19.1. The van der Waals surface area contributed by atoms with E-state index in [2.05, 4.69) is 20.4 Å². The number of sulfonamides is 1. The molecule has 0 bridgehead atoms. The molecule has 2 aromatic rings. The highest BCUT2D eigenvalue weighted by Crippen LogP contribution is 2.40. The van der Waals surface area contributed by atoms with Crippen molar-refractivity contribution in [2.75, 3.05) is 27.2 Å². The number of hydrogen-bond acceptors (Lipinski definition) is 6. The van der Waals surface area contributed by atoms with Gasteiger partial charge >= 0.3 is 0 Å². The molecular weight excluding hydrogens is 364 g/mol. The largest absolute Gasteiger partial charge is 0.296 e. The summed E-state index contributed by atoms with van der Waals surface area (Å²) in [5, 5.41) is 12.6. The van der Waals surface area contributed by atoms with Crippen LogP contribution in [0.2, 0.25) is 0 Å². The van der Waals surface area contributed by atoms with Crippen LogP contribution in [-0.4, -0.2) is 65.0 Å². The van der Waals surface area contributed by atoms with Crippen molar-refractivity contribution in [3.63, 3.8) is 0 Å². The predicted molar refractivity (Wildman–Crippen MR) is 101 cm³/mol. The van der Waals surface area contributed by atoms with Crippen LogP contribution >= 0.6 is 0 Å². The SMILES string of the molecule is CN(C)C1(c2nnnn2C2CCCC2)CCN(S(=O)(=O)c2ccccc2)C1. The van der Waals surface area contributed by atoms with Gasteiger partial charge in [0.25, 0.3) is 0 Å². The molecule has 1 aliphatic heterocycles. The third kappa shape index (κ3) is 3.07. The lowest BCUT2D eigenvalue weighted by atomic mass is 9.95. The number of rotatable bonds is 5. The molecule has 2 heterocycles. The van der Waals surface area contributed by atoms with Crippen LogP contribution in [0, 0.1) is 0 Å². The molecule has 0 spiro atoms. The lowest BCUT2D eigenvalue weighted by Gasteiger charge is -2.35. The van der Waals surface area contributed by atoms with Gasteiger partial charge in [0, 0.05) is 13.1 Å². The van der Waals surface area contributed by atoms with Crippen LogP contribution in [0.25, 0.3) is 0 Å². The summed E-state index contributed by atoms with van der Waals surface area (Å²) < 4.78 is 29.7. The first-order valence-corrected chi connectivity index (χ1v) is 10.9. The lowest BCUT2D eigenvalue weighted by molar-refractivity contribution is 0.144. The average Bonchev–Trinajstić information content (AvgIpc) is 3.41. The second-order valence-corrected chi connectivity index (χ2v) is 9.65. The summed E-state index contributed by atoms with van der Waals surface area (Å²) in [6.07, 6.45) is 5.20. The van der Waals surface area contributed by atoms with Crippen molar-refractivity contribution in [1.82, 2.24) is 29.4 Å². The van der Waals surface area contributed by atoms with Gasteiger partial charge in [-0.05, 0) is 55.9 Å². The van der Waals surface area contributed by atoms with Gasteiger partial charge < -0.3 is 0 Å². The molecule has 0 amide bonds. The number of benzene rings is 1. The Balaban J connectivity index is 1.68. The van der Waals surface area contributed by atoms with Crippen LogP contribution in [0.4, 0.5) is 0 Å². The van der Waals surface area contributed by atoms with Crippen molar-refractivity contribution in [3.8, 4) is 0 Å². The van der Waals surface area contributed by atoms with E-state index in [1.165, 1.54) is 12.8 Å². The Labute approximate surface area is 160 Å². The normalized spacial score (nSPS) is 24.9. The molecule has 8 nitrogen and oxygen atoms in total. The molecule has 0 radical (unpaired) electrons. The van der Waals surface area contributed by atoms with Crippen molar-refractivity contribution in [2.45, 2.75) is 48.6 Å². The predicted octanol–water partition coefficient (Wildman–Crippen LogP) is 1.64. The zero-order valence-corrected chi connectivity index (χ0v) is 16.6. The molecule has 1 saturated carbocycles. The van der Waals surface area contributed by atoms with Gasteiger partial charge in [-0.15, -0.1) is 5.10 Å². The van der Waals surface area contributed by atoms with E-state index in [0.717, 1.165) is 18.7 Å². The molecule has 1 atom stereocenters. The van der Waals surface area contributed by atoms with E-state index in [1.54, 1.807) is 28.6 Å². The Hall–Kier alpha value is -1.84. The fraction of sp³-hybridized carbons (Fsp3) is 0.611. The third-order valence-electron chi connectivity index (χ3n) is 6.03. The fourth-order valence-corrected chi connectivity index (χ4v) is 5.86. The van der Waals surface area contributed by atoms with Crippen LogP contribution < -0.4 is 0 Å². The zero-order valence-electron chi connectivity index (χ0n) is 15.8. The van der Waals surface area contributed by atoms with Gasteiger partial charge in [0.1, 0.15) is 0 Å². The molecule has 1 unspecified atom stereocenters. The summed E-state index contributed by atoms with van der Waals surface area (Å²) in [6, 6.07) is 8.93. The molecule has 1 aromatic heterocycles. The molecule has 4 rings (SSSR count). The topological polar surface area (TPSA) is 84.2 Å². The maximum Gasteiger partial charge on any atom is 0.243 e. The summed E-state index contributed by atoms with van der Waals surface area (Å²) in [6.45, 7) is 0.803. The van der Waals surface area contributed by atoms with E-state index in [1.807, 2.05) is 24.8 Å². The molecular formula is C18H26N6O2S. The maximum atomic E-state index is 13.1. The van der Waals surface area contributed by atoms with Crippen LogP contribution in [-0.2, 0) is 15.6 Å². The first-order chi connectivity index (χ1) is 12.9. The molecule has 1 saturated heterocycles. The van der Waals surface area contributed by atoms with Gasteiger partial charge in [-0.1, -0.05) is 31.0 Å². The smallest absolute Gasteiger partial charge is 0.243 e. The Morgan fingerprint density at radius 2 is 1.85 bits per heavy atom. The highest BCUT2D eigenvalue weighted by atomic mass is 32.2. The van der Waals surface area contributed by atoms with Crippen LogP contribution in [0.15, 0.2) is 35.2 Å². The first-order valence-electron chi connectivity index (χ1n) is 9.46. The van der Waals surface area contributed by atoms with Gasteiger partial charge in [-0.2, -0.15) is 4.31 Å². The van der Waals surface area contributed by atoms with E-state index in [0.29, 0.717) is 30.4 Å². The minimum absolute atomic E-state index is 0.312. The number of aromatic nitrogens is 4. The second kappa shape index (κ2) is 6.96. The molecule has 9 heteroatoms. The van der Waals surface area contributed by atoms with Crippen LogP contribution in [0.5, 0.6) is 0 Å². The molecule has 2 aliphatic rings. The summed E-state index contributed by atoms with van der Waals surface area (Å²) in [5.41, 5.74) is -0.520. The second-order valence-electron chi connectivity index (χ2n) is 7.71. The van der Waals surface area contributed by atoms with E-state index >= 15 is 0 Å². The molecule has 27 heavy (non-hydrogen) atoms. The average molecular weight is 391 g/mol. The monoisotopic (exact) mass is 390 g/mol. The van der Waals surface area contributed by atoms with Crippen molar-refractivity contribution in [1.29, 1.82) is 0 Å². The van der Waals surface area contributed by atoms with Crippen molar-refractivity contribution in [3.05, 3.63) is 36.2 Å². The lowest BCUT2D eigenvalue weighted by Crippen LogP contribution is -2.47. The van der Waals surface area contributed by atoms with Crippen LogP contribution in [0.1, 0.15) is 44.0 Å². The van der Waals surface area contributed by atoms with E-state index in [9.17, 15) is 8.42 Å². The number of tetrazole rings is 1. The standard InChI is InChI=1S/C18H26N6O2S/c1-22(2)18(17-19-20-21-24(17)15-8-6-7-9-15)12-13-23(14-18)27(25,26)16-10-4-3-5-11-16/h3-5,10-11,15H,6-9,12-14H2,1-2H3. The van der Waals surface area contributed by atoms with E-state index in [-0.39, 0.29) is 0 Å². The van der Waals surface area contributed by atoms with Crippen molar-refractivity contribution in [2.24, 2.45) is 0 Å². The third-order valence-corrected chi connectivity index (χ3v) is 7.89. The van der Waals surface area contributed by atoms with Crippen LogP contribution in [0.3, 0.4) is 0 Å². The molecule has 2 fully saturated rings.